The molecule has 0 unspecified atom stereocenters. The van der Waals surface area contributed by atoms with E-state index in [2.05, 4.69) is 22.0 Å². The molecule has 2 fully saturated rings. The number of alkyl halides is 1. The maximum atomic E-state index is 14.2. The summed E-state index contributed by atoms with van der Waals surface area (Å²) in [4.78, 5) is 8.58. The smallest absolute Gasteiger partial charge is 0.324 e. The van der Waals surface area contributed by atoms with Crippen LogP contribution >= 0.6 is 0 Å². The Morgan fingerprint density at radius 1 is 1.21 bits per heavy atom. The lowest BCUT2D eigenvalue weighted by Crippen LogP contribution is -2.55. The molecule has 0 amide bonds. The molecule has 1 aliphatic heterocycles. The number of aromatic nitrogens is 2. The molecule has 1 saturated heterocycles. The molecule has 1 saturated carbocycles. The molecule has 1 atom stereocenters. The topological polar surface area (TPSA) is 88.8 Å². The maximum absolute atomic E-state index is 14.2. The minimum absolute atomic E-state index is 0.0517. The molecule has 4 rings (SSSR count). The van der Waals surface area contributed by atoms with E-state index in [0.717, 1.165) is 57.6 Å². The van der Waals surface area contributed by atoms with Gasteiger partial charge >= 0.3 is 6.01 Å². The number of piperazine rings is 1. The van der Waals surface area contributed by atoms with Crippen LogP contribution in [0.3, 0.4) is 0 Å². The third kappa shape index (κ3) is 5.63. The zero-order chi connectivity index (χ0) is 23.6. The first-order valence-corrected chi connectivity index (χ1v) is 13.2. The maximum Gasteiger partial charge on any atom is 0.324 e. The summed E-state index contributed by atoms with van der Waals surface area (Å²) in [6.07, 6.45) is 5.12. The summed E-state index contributed by atoms with van der Waals surface area (Å²) in [6.45, 7) is 4.29. The van der Waals surface area contributed by atoms with Crippen molar-refractivity contribution in [3.05, 3.63) is 29.8 Å². The summed E-state index contributed by atoms with van der Waals surface area (Å²) in [5.74, 6) is -0.150. The summed E-state index contributed by atoms with van der Waals surface area (Å²) in [7, 11) is -3.45. The number of halogens is 2. The third-order valence-electron chi connectivity index (χ3n) is 6.62. The van der Waals surface area contributed by atoms with Gasteiger partial charge in [-0.05, 0) is 56.7 Å². The number of anilines is 1. The van der Waals surface area contributed by atoms with Gasteiger partial charge in [0.2, 0.25) is 5.82 Å². The van der Waals surface area contributed by atoms with Crippen molar-refractivity contribution in [2.45, 2.75) is 56.3 Å². The monoisotopic (exact) mass is 484 g/mol. The van der Waals surface area contributed by atoms with E-state index in [1.54, 1.807) is 0 Å². The first-order chi connectivity index (χ1) is 15.7. The zero-order valence-electron chi connectivity index (χ0n) is 18.9. The van der Waals surface area contributed by atoms with Crippen LogP contribution in [0.1, 0.15) is 38.4 Å². The number of ether oxygens (including phenoxy) is 1. The summed E-state index contributed by atoms with van der Waals surface area (Å²) >= 11 is 0. The standard InChI is InChI=1S/C22H30F2N4O4S/c1-15-13-27(9-10-28(15)22-25-21(12-23)26-32-22)17-5-3-16(4-6-17)14-31-20-8-7-18(11-19(20)24)33(2,29)30/h7-8,11,15-17H,3-6,9-10,12-14H2,1-2H3/t15-,16-,17-/m0/s1. The molecule has 2 aromatic rings. The van der Waals surface area contributed by atoms with E-state index < -0.39 is 22.3 Å². The van der Waals surface area contributed by atoms with E-state index in [1.807, 2.05) is 4.90 Å². The Kier molecular flexibility index (Phi) is 7.18. The fourth-order valence-corrected chi connectivity index (χ4v) is 5.36. The second-order valence-corrected chi connectivity index (χ2v) is 11.0. The molecule has 33 heavy (non-hydrogen) atoms. The van der Waals surface area contributed by atoms with Crippen molar-refractivity contribution in [1.82, 2.24) is 15.0 Å². The summed E-state index contributed by atoms with van der Waals surface area (Å²) in [5.41, 5.74) is 0. The van der Waals surface area contributed by atoms with Crippen molar-refractivity contribution in [3.63, 3.8) is 0 Å². The van der Waals surface area contributed by atoms with Gasteiger partial charge in [0.05, 0.1) is 11.5 Å². The number of nitrogens with zero attached hydrogens (tertiary/aromatic N) is 4. The molecule has 0 radical (unpaired) electrons. The predicted octanol–water partition coefficient (Wildman–Crippen LogP) is 3.23. The molecule has 1 aromatic carbocycles. The fraction of sp³-hybridized carbons (Fsp3) is 0.636. The second kappa shape index (κ2) is 9.92. The van der Waals surface area contributed by atoms with Gasteiger partial charge in [-0.2, -0.15) is 4.98 Å². The van der Waals surface area contributed by atoms with Crippen LogP contribution < -0.4 is 9.64 Å². The van der Waals surface area contributed by atoms with Crippen molar-refractivity contribution in [3.8, 4) is 5.75 Å². The van der Waals surface area contributed by atoms with Crippen LogP contribution in [-0.2, 0) is 16.5 Å². The summed E-state index contributed by atoms with van der Waals surface area (Å²) in [6, 6.07) is 4.82. The van der Waals surface area contributed by atoms with Gasteiger partial charge in [-0.25, -0.2) is 17.2 Å². The Bertz CT molecular complexity index is 1060. The van der Waals surface area contributed by atoms with Gasteiger partial charge in [-0.15, -0.1) is 0 Å². The minimum Gasteiger partial charge on any atom is -0.490 e. The van der Waals surface area contributed by atoms with Gasteiger partial charge in [0.15, 0.2) is 28.1 Å². The first kappa shape index (κ1) is 23.9. The number of benzene rings is 1. The van der Waals surface area contributed by atoms with E-state index >= 15 is 0 Å². The zero-order valence-corrected chi connectivity index (χ0v) is 19.7. The van der Waals surface area contributed by atoms with Crippen LogP contribution in [0.5, 0.6) is 5.75 Å². The van der Waals surface area contributed by atoms with Gasteiger partial charge in [0, 0.05) is 38.0 Å². The van der Waals surface area contributed by atoms with Crippen molar-refractivity contribution in [2.75, 3.05) is 37.4 Å². The molecule has 0 spiro atoms. The molecule has 8 nitrogen and oxygen atoms in total. The average molecular weight is 485 g/mol. The van der Waals surface area contributed by atoms with E-state index in [9.17, 15) is 17.2 Å². The van der Waals surface area contributed by atoms with E-state index in [0.29, 0.717) is 24.6 Å². The summed E-state index contributed by atoms with van der Waals surface area (Å²) < 4.78 is 60.9. The lowest BCUT2D eigenvalue weighted by molar-refractivity contribution is 0.0986. The van der Waals surface area contributed by atoms with Gasteiger partial charge in [0.1, 0.15) is 0 Å². The quantitative estimate of drug-likeness (QED) is 0.592. The fourth-order valence-electron chi connectivity index (χ4n) is 4.73. The lowest BCUT2D eigenvalue weighted by atomic mass is 9.85. The highest BCUT2D eigenvalue weighted by Gasteiger charge is 2.33. The van der Waals surface area contributed by atoms with Gasteiger partial charge in [-0.3, -0.25) is 4.90 Å². The summed E-state index contributed by atoms with van der Waals surface area (Å²) in [5, 5.41) is 3.64. The van der Waals surface area contributed by atoms with Crippen molar-refractivity contribution in [1.29, 1.82) is 0 Å². The predicted molar refractivity (Wildman–Crippen MR) is 118 cm³/mol. The van der Waals surface area contributed by atoms with Crippen molar-refractivity contribution >= 4 is 15.9 Å². The SMILES string of the molecule is C[C@H]1CN([C@H]2CC[C@H](COc3ccc(S(C)(=O)=O)cc3F)CC2)CCN1c1nc(CF)no1. The largest absolute Gasteiger partial charge is 0.490 e. The van der Waals surface area contributed by atoms with Crippen molar-refractivity contribution in [2.24, 2.45) is 5.92 Å². The Labute approximate surface area is 192 Å². The van der Waals surface area contributed by atoms with Crippen LogP contribution in [-0.4, -0.2) is 68.0 Å². The molecular formula is C22H30F2N4O4S. The minimum atomic E-state index is -3.45. The molecule has 2 heterocycles. The number of sulfone groups is 1. The first-order valence-electron chi connectivity index (χ1n) is 11.3. The lowest BCUT2D eigenvalue weighted by Gasteiger charge is -2.44. The Morgan fingerprint density at radius 3 is 2.58 bits per heavy atom. The van der Waals surface area contributed by atoms with Gasteiger partial charge < -0.3 is 14.2 Å². The molecular weight excluding hydrogens is 454 g/mol. The Morgan fingerprint density at radius 2 is 1.97 bits per heavy atom. The molecule has 0 N–H and O–H groups in total. The van der Waals surface area contributed by atoms with Crippen LogP contribution in [0.2, 0.25) is 0 Å². The number of rotatable bonds is 7. The Hall–Kier alpha value is -2.27. The molecule has 1 aliphatic carbocycles. The van der Waals surface area contributed by atoms with Gasteiger partial charge in [0.25, 0.3) is 0 Å². The highest BCUT2D eigenvalue weighted by atomic mass is 32.2. The van der Waals surface area contributed by atoms with Crippen LogP contribution in [0, 0.1) is 11.7 Å². The van der Waals surface area contributed by atoms with E-state index in [4.69, 9.17) is 9.26 Å². The van der Waals surface area contributed by atoms with E-state index in [1.165, 1.54) is 12.1 Å². The van der Waals surface area contributed by atoms with Crippen LogP contribution in [0.25, 0.3) is 0 Å². The van der Waals surface area contributed by atoms with Crippen LogP contribution in [0.15, 0.2) is 27.6 Å². The molecule has 0 bridgehead atoms. The van der Waals surface area contributed by atoms with Gasteiger partial charge in [-0.1, -0.05) is 5.16 Å². The molecule has 1 aromatic heterocycles. The Balaban J connectivity index is 1.24. The highest BCUT2D eigenvalue weighted by molar-refractivity contribution is 7.90. The van der Waals surface area contributed by atoms with Crippen LogP contribution in [0.4, 0.5) is 14.8 Å². The molecule has 2 aliphatic rings. The highest BCUT2D eigenvalue weighted by Crippen LogP contribution is 2.31. The number of hydrogen-bond acceptors (Lipinski definition) is 8. The molecule has 11 heteroatoms. The molecule has 182 valence electrons. The normalized spacial score (nSPS) is 24.7. The second-order valence-electron chi connectivity index (χ2n) is 9.01. The third-order valence-corrected chi connectivity index (χ3v) is 7.73. The average Bonchev–Trinajstić information content (AvgIpc) is 3.27. The van der Waals surface area contributed by atoms with E-state index in [-0.39, 0.29) is 22.5 Å². The number of hydrogen-bond donors (Lipinski definition) is 0. The van der Waals surface area contributed by atoms with Crippen molar-refractivity contribution < 1.29 is 26.5 Å².